The van der Waals surface area contributed by atoms with Crippen molar-refractivity contribution in [2.24, 2.45) is 0 Å². The highest BCUT2D eigenvalue weighted by molar-refractivity contribution is 5.91. The van der Waals surface area contributed by atoms with Gasteiger partial charge >= 0.3 is 0 Å². The molecule has 1 aromatic carbocycles. The number of hydrogen-bond donors (Lipinski definition) is 2. The predicted octanol–water partition coefficient (Wildman–Crippen LogP) is 2.64. The number of benzene rings is 1. The van der Waals surface area contributed by atoms with Crippen LogP contribution in [0.2, 0.25) is 0 Å². The molecule has 1 fully saturated rings. The Morgan fingerprint density at radius 3 is 2.68 bits per heavy atom. The zero-order valence-corrected chi connectivity index (χ0v) is 16.4. The number of amides is 1. The minimum atomic E-state index is -0.477. The predicted molar refractivity (Wildman–Crippen MR) is 107 cm³/mol. The summed E-state index contributed by atoms with van der Waals surface area (Å²) in [5.41, 5.74) is 0.611. The number of carbonyl (C=O) groups is 1. The first-order valence-corrected chi connectivity index (χ1v) is 9.32. The number of nitro benzene ring substituents is 1. The van der Waals surface area contributed by atoms with E-state index in [9.17, 15) is 14.9 Å². The van der Waals surface area contributed by atoms with Crippen molar-refractivity contribution in [1.82, 2.24) is 25.6 Å². The minimum absolute atomic E-state index is 0. The van der Waals surface area contributed by atoms with Crippen molar-refractivity contribution in [3.8, 4) is 5.69 Å². The van der Waals surface area contributed by atoms with E-state index in [0.29, 0.717) is 18.3 Å². The first kappa shape index (κ1) is 21.8. The maximum Gasteiger partial charge on any atom is 0.273 e. The molecule has 0 saturated heterocycles. The van der Waals surface area contributed by atoms with Crippen LogP contribution in [0.3, 0.4) is 0 Å². The van der Waals surface area contributed by atoms with Gasteiger partial charge in [0.2, 0.25) is 0 Å². The normalized spacial score (nSPS) is 14.7. The Kier molecular flexibility index (Phi) is 8.34. The maximum absolute atomic E-state index is 12.2. The van der Waals surface area contributed by atoms with Crippen LogP contribution in [0.25, 0.3) is 5.69 Å². The Morgan fingerprint density at radius 1 is 1.21 bits per heavy atom. The van der Waals surface area contributed by atoms with E-state index in [0.717, 1.165) is 6.54 Å². The number of nitrogens with one attached hydrogen (secondary N) is 2. The average molecular weight is 409 g/mol. The van der Waals surface area contributed by atoms with Crippen molar-refractivity contribution in [3.63, 3.8) is 0 Å². The zero-order valence-electron chi connectivity index (χ0n) is 15.5. The van der Waals surface area contributed by atoms with Crippen molar-refractivity contribution in [2.75, 3.05) is 13.1 Å². The van der Waals surface area contributed by atoms with E-state index >= 15 is 0 Å². The van der Waals surface area contributed by atoms with Gasteiger partial charge in [-0.1, -0.05) is 37.0 Å². The molecule has 10 heteroatoms. The lowest BCUT2D eigenvalue weighted by atomic mass is 10.1. The number of aromatic nitrogens is 3. The lowest BCUT2D eigenvalue weighted by Gasteiger charge is -2.16. The van der Waals surface area contributed by atoms with Crippen molar-refractivity contribution in [1.29, 1.82) is 0 Å². The molecule has 0 aliphatic heterocycles. The van der Waals surface area contributed by atoms with Gasteiger partial charge in [0.05, 0.1) is 16.8 Å². The van der Waals surface area contributed by atoms with Gasteiger partial charge in [0, 0.05) is 31.3 Å². The average Bonchev–Trinajstić information content (AvgIpc) is 3.03. The van der Waals surface area contributed by atoms with E-state index in [1.165, 1.54) is 61.5 Å². The fraction of sp³-hybridized carbons (Fsp3) is 0.500. The maximum atomic E-state index is 12.2. The number of non-ortho nitro benzene ring substituents is 1. The first-order chi connectivity index (χ1) is 13.1. The molecule has 0 spiro atoms. The number of carbonyl (C=O) groups excluding carboxylic acids is 1. The van der Waals surface area contributed by atoms with Gasteiger partial charge in [-0.15, -0.1) is 17.5 Å². The molecule has 3 rings (SSSR count). The van der Waals surface area contributed by atoms with Crippen molar-refractivity contribution < 1.29 is 9.72 Å². The summed E-state index contributed by atoms with van der Waals surface area (Å²) in [5, 5.41) is 24.9. The second-order valence-corrected chi connectivity index (χ2v) is 6.72. The number of nitro groups is 1. The largest absolute Gasteiger partial charge is 0.349 e. The van der Waals surface area contributed by atoms with Gasteiger partial charge in [-0.2, -0.15) is 0 Å². The van der Waals surface area contributed by atoms with Crippen LogP contribution in [-0.2, 0) is 0 Å². The van der Waals surface area contributed by atoms with Gasteiger partial charge in [0.25, 0.3) is 11.6 Å². The van der Waals surface area contributed by atoms with Gasteiger partial charge in [-0.3, -0.25) is 14.9 Å². The second-order valence-electron chi connectivity index (χ2n) is 6.72. The van der Waals surface area contributed by atoms with E-state index in [1.54, 1.807) is 12.1 Å². The van der Waals surface area contributed by atoms with Crippen molar-refractivity contribution in [2.45, 2.75) is 44.6 Å². The molecule has 9 nitrogen and oxygen atoms in total. The highest BCUT2D eigenvalue weighted by Gasteiger charge is 2.14. The highest BCUT2D eigenvalue weighted by atomic mass is 35.5. The van der Waals surface area contributed by atoms with Crippen LogP contribution < -0.4 is 10.6 Å². The van der Waals surface area contributed by atoms with Crippen molar-refractivity contribution >= 4 is 24.0 Å². The van der Waals surface area contributed by atoms with Crippen LogP contribution in [0.15, 0.2) is 30.5 Å². The summed E-state index contributed by atoms with van der Waals surface area (Å²) in [7, 11) is 0. The molecule has 1 heterocycles. The molecule has 0 radical (unpaired) electrons. The third-order valence-electron chi connectivity index (χ3n) is 4.73. The Bertz CT molecular complexity index is 789. The molecule has 1 aromatic heterocycles. The molecule has 1 aliphatic rings. The van der Waals surface area contributed by atoms with Gasteiger partial charge in [0.1, 0.15) is 0 Å². The van der Waals surface area contributed by atoms with Crippen molar-refractivity contribution in [3.05, 3.63) is 46.3 Å². The number of hydrogen-bond acceptors (Lipinski definition) is 6. The van der Waals surface area contributed by atoms with E-state index in [-0.39, 0.29) is 29.7 Å². The summed E-state index contributed by atoms with van der Waals surface area (Å²) >= 11 is 0. The van der Waals surface area contributed by atoms with E-state index in [2.05, 4.69) is 20.9 Å². The van der Waals surface area contributed by atoms with Crippen LogP contribution >= 0.6 is 12.4 Å². The lowest BCUT2D eigenvalue weighted by molar-refractivity contribution is -0.384. The van der Waals surface area contributed by atoms with E-state index in [1.807, 2.05) is 0 Å². The lowest BCUT2D eigenvalue weighted by Crippen LogP contribution is -2.37. The number of nitrogens with zero attached hydrogens (tertiary/aromatic N) is 4. The SMILES string of the molecule is Cl.O=C(NCCNC1CCCCCC1)c1cn(-c2cccc([N+](=O)[O-])c2)nn1. The summed E-state index contributed by atoms with van der Waals surface area (Å²) in [6, 6.07) is 6.55. The van der Waals surface area contributed by atoms with Gasteiger partial charge in [-0.25, -0.2) is 4.68 Å². The number of rotatable bonds is 7. The molecule has 152 valence electrons. The van der Waals surface area contributed by atoms with Crippen LogP contribution in [0.1, 0.15) is 49.0 Å². The third-order valence-corrected chi connectivity index (χ3v) is 4.73. The molecule has 1 aliphatic carbocycles. The Morgan fingerprint density at radius 2 is 1.96 bits per heavy atom. The standard InChI is InChI=1S/C18H24N6O3.ClH/c25-18(20-11-10-19-14-6-3-1-2-4-7-14)17-13-23(22-21-17)15-8-5-9-16(12-15)24(26)27;/h5,8-9,12-14,19H,1-4,6-7,10-11H2,(H,20,25);1H. The van der Waals surface area contributed by atoms with E-state index in [4.69, 9.17) is 0 Å². The molecule has 2 N–H and O–H groups in total. The molecule has 28 heavy (non-hydrogen) atoms. The minimum Gasteiger partial charge on any atom is -0.349 e. The molecule has 0 atom stereocenters. The first-order valence-electron chi connectivity index (χ1n) is 9.32. The molecule has 1 saturated carbocycles. The quantitative estimate of drug-likeness (QED) is 0.315. The molecular formula is C18H25ClN6O3. The molecule has 2 aromatic rings. The summed E-state index contributed by atoms with van der Waals surface area (Å²) in [5.74, 6) is -0.311. The summed E-state index contributed by atoms with van der Waals surface area (Å²) in [4.78, 5) is 22.6. The van der Waals surface area contributed by atoms with Gasteiger partial charge < -0.3 is 10.6 Å². The topological polar surface area (TPSA) is 115 Å². The number of halogens is 1. The smallest absolute Gasteiger partial charge is 0.273 e. The van der Waals surface area contributed by atoms with Crippen LogP contribution in [0, 0.1) is 10.1 Å². The summed E-state index contributed by atoms with van der Waals surface area (Å²) in [6.45, 7) is 1.23. The monoisotopic (exact) mass is 408 g/mol. The van der Waals surface area contributed by atoms with Crippen LogP contribution in [0.4, 0.5) is 5.69 Å². The fourth-order valence-corrected chi connectivity index (χ4v) is 3.27. The Labute approximate surface area is 169 Å². The van der Waals surface area contributed by atoms with Gasteiger partial charge in [0.15, 0.2) is 5.69 Å². The summed E-state index contributed by atoms with van der Waals surface area (Å²) in [6.07, 6.45) is 9.03. The second kappa shape index (κ2) is 10.7. The van der Waals surface area contributed by atoms with E-state index < -0.39 is 4.92 Å². The molecule has 0 unspecified atom stereocenters. The zero-order chi connectivity index (χ0) is 19.1. The van der Waals surface area contributed by atoms with Gasteiger partial charge in [-0.05, 0) is 18.9 Å². The highest BCUT2D eigenvalue weighted by Crippen LogP contribution is 2.17. The fourth-order valence-electron chi connectivity index (χ4n) is 3.27. The third kappa shape index (κ3) is 6.00. The Balaban J connectivity index is 0.00000280. The summed E-state index contributed by atoms with van der Waals surface area (Å²) < 4.78 is 1.35. The van der Waals surface area contributed by atoms with Crippen LogP contribution in [0.5, 0.6) is 0 Å². The molecular weight excluding hydrogens is 384 g/mol. The molecule has 0 bridgehead atoms. The van der Waals surface area contributed by atoms with Crippen LogP contribution in [-0.4, -0.2) is 45.0 Å². The molecule has 1 amide bonds. The Hall–Kier alpha value is -2.52.